The first kappa shape index (κ1) is 14.1. The Morgan fingerprint density at radius 3 is 2.25 bits per heavy atom. The zero-order valence-electron chi connectivity index (χ0n) is 9.43. The molecule has 0 spiro atoms. The molecule has 2 atom stereocenters. The van der Waals surface area contributed by atoms with Gasteiger partial charge in [0, 0.05) is 11.1 Å². The molecule has 16 heavy (non-hydrogen) atoms. The highest BCUT2D eigenvalue weighted by atomic mass is 35.5. The molecule has 0 saturated carbocycles. The van der Waals surface area contributed by atoms with E-state index >= 15 is 0 Å². The van der Waals surface area contributed by atoms with Crippen LogP contribution in [0.3, 0.4) is 0 Å². The molecule has 4 heteroatoms. The first-order valence-electron chi connectivity index (χ1n) is 5.29. The number of benzene rings is 1. The third-order valence-electron chi connectivity index (χ3n) is 2.47. The number of hydrogen-bond acceptors (Lipinski definition) is 1. The van der Waals surface area contributed by atoms with Crippen molar-refractivity contribution in [1.29, 1.82) is 0 Å². The molecule has 0 aliphatic rings. The highest BCUT2D eigenvalue weighted by Gasteiger charge is 2.14. The third kappa shape index (κ3) is 3.81. The lowest BCUT2D eigenvalue weighted by Crippen LogP contribution is -2.19. The Bertz CT molecular complexity index is 364. The predicted molar refractivity (Wildman–Crippen MR) is 72.6 cm³/mol. The van der Waals surface area contributed by atoms with Crippen LogP contribution in [0.5, 0.6) is 0 Å². The summed E-state index contributed by atoms with van der Waals surface area (Å²) in [6.45, 7) is 4.13. The fraction of sp³-hybridized carbons (Fsp3) is 0.500. The summed E-state index contributed by atoms with van der Waals surface area (Å²) in [4.78, 5) is 0. The summed E-state index contributed by atoms with van der Waals surface area (Å²) in [5.74, 6) is 0.438. The molecule has 0 heterocycles. The normalized spacial score (nSPS) is 14.9. The molecule has 2 N–H and O–H groups in total. The molecule has 1 aromatic carbocycles. The summed E-state index contributed by atoms with van der Waals surface area (Å²) in [5.41, 5.74) is 6.68. The molecule has 1 nitrogen and oxygen atoms in total. The SMILES string of the molecule is CC(N)CC(C)Cc1c(Cl)ccc(Cl)c1Cl. The number of hydrogen-bond donors (Lipinski definition) is 1. The van der Waals surface area contributed by atoms with E-state index in [1.165, 1.54) is 0 Å². The van der Waals surface area contributed by atoms with Gasteiger partial charge in [-0.05, 0) is 43.4 Å². The van der Waals surface area contributed by atoms with E-state index in [0.29, 0.717) is 21.0 Å². The molecular formula is C12H16Cl3N. The summed E-state index contributed by atoms with van der Waals surface area (Å²) in [7, 11) is 0. The van der Waals surface area contributed by atoms with Crippen LogP contribution in [0.2, 0.25) is 15.1 Å². The minimum absolute atomic E-state index is 0.187. The van der Waals surface area contributed by atoms with E-state index < -0.39 is 0 Å². The Morgan fingerprint density at radius 1 is 1.12 bits per heavy atom. The molecule has 0 aliphatic heterocycles. The summed E-state index contributed by atoms with van der Waals surface area (Å²) in [6, 6.07) is 3.68. The van der Waals surface area contributed by atoms with E-state index in [4.69, 9.17) is 40.5 Å². The van der Waals surface area contributed by atoms with Gasteiger partial charge in [-0.2, -0.15) is 0 Å². The highest BCUT2D eigenvalue weighted by molar-refractivity contribution is 6.44. The van der Waals surface area contributed by atoms with Crippen molar-refractivity contribution in [3.05, 3.63) is 32.8 Å². The van der Waals surface area contributed by atoms with Crippen LogP contribution in [0.25, 0.3) is 0 Å². The lowest BCUT2D eigenvalue weighted by molar-refractivity contribution is 0.480. The van der Waals surface area contributed by atoms with Crippen LogP contribution in [0, 0.1) is 5.92 Å². The van der Waals surface area contributed by atoms with Crippen molar-refractivity contribution in [2.75, 3.05) is 0 Å². The number of halogens is 3. The van der Waals surface area contributed by atoms with Crippen molar-refractivity contribution in [2.24, 2.45) is 11.7 Å². The molecule has 0 radical (unpaired) electrons. The van der Waals surface area contributed by atoms with Gasteiger partial charge in [-0.3, -0.25) is 0 Å². The Balaban J connectivity index is 2.84. The zero-order chi connectivity index (χ0) is 12.3. The molecule has 0 saturated heterocycles. The summed E-state index contributed by atoms with van der Waals surface area (Å²) in [5, 5.41) is 1.78. The maximum Gasteiger partial charge on any atom is 0.0639 e. The van der Waals surface area contributed by atoms with Crippen molar-refractivity contribution in [3.63, 3.8) is 0 Å². The molecule has 0 bridgehead atoms. The van der Waals surface area contributed by atoms with Crippen LogP contribution in [-0.4, -0.2) is 6.04 Å². The van der Waals surface area contributed by atoms with Gasteiger partial charge in [-0.15, -0.1) is 0 Å². The van der Waals surface area contributed by atoms with Gasteiger partial charge in [0.15, 0.2) is 0 Å². The Labute approximate surface area is 112 Å². The number of nitrogens with two attached hydrogens (primary N) is 1. The van der Waals surface area contributed by atoms with Crippen LogP contribution in [-0.2, 0) is 6.42 Å². The van der Waals surface area contributed by atoms with Crippen LogP contribution in [0.1, 0.15) is 25.8 Å². The Kier molecular flexibility index (Phi) is 5.39. The molecular weight excluding hydrogens is 264 g/mol. The van der Waals surface area contributed by atoms with Crippen molar-refractivity contribution >= 4 is 34.8 Å². The largest absolute Gasteiger partial charge is 0.328 e. The standard InChI is InChI=1S/C12H16Cl3N/c1-7(5-8(2)16)6-9-10(13)3-4-11(14)12(9)15/h3-4,7-8H,5-6,16H2,1-2H3. The van der Waals surface area contributed by atoms with Crippen LogP contribution in [0.4, 0.5) is 0 Å². The lowest BCUT2D eigenvalue weighted by Gasteiger charge is -2.16. The average Bonchev–Trinajstić information content (AvgIpc) is 2.17. The smallest absolute Gasteiger partial charge is 0.0639 e. The van der Waals surface area contributed by atoms with Gasteiger partial charge in [0.05, 0.1) is 10.0 Å². The van der Waals surface area contributed by atoms with Crippen LogP contribution < -0.4 is 5.73 Å². The van der Waals surface area contributed by atoms with Crippen molar-refractivity contribution in [3.8, 4) is 0 Å². The molecule has 90 valence electrons. The van der Waals surface area contributed by atoms with Crippen LogP contribution in [0.15, 0.2) is 12.1 Å². The highest BCUT2D eigenvalue weighted by Crippen LogP contribution is 2.33. The van der Waals surface area contributed by atoms with Gasteiger partial charge in [0.1, 0.15) is 0 Å². The van der Waals surface area contributed by atoms with E-state index in [2.05, 4.69) is 6.92 Å². The van der Waals surface area contributed by atoms with Crippen LogP contribution >= 0.6 is 34.8 Å². The van der Waals surface area contributed by atoms with Gasteiger partial charge in [-0.1, -0.05) is 41.7 Å². The maximum absolute atomic E-state index is 6.13. The van der Waals surface area contributed by atoms with Gasteiger partial charge in [-0.25, -0.2) is 0 Å². The monoisotopic (exact) mass is 279 g/mol. The van der Waals surface area contributed by atoms with E-state index in [1.807, 2.05) is 6.92 Å². The zero-order valence-corrected chi connectivity index (χ0v) is 11.7. The van der Waals surface area contributed by atoms with Crippen molar-refractivity contribution in [1.82, 2.24) is 0 Å². The molecule has 1 aromatic rings. The molecule has 2 unspecified atom stereocenters. The molecule has 0 aliphatic carbocycles. The lowest BCUT2D eigenvalue weighted by atomic mass is 9.95. The Hall–Kier alpha value is 0.0500. The van der Waals surface area contributed by atoms with E-state index in [1.54, 1.807) is 12.1 Å². The second-order valence-electron chi connectivity index (χ2n) is 4.34. The van der Waals surface area contributed by atoms with Gasteiger partial charge < -0.3 is 5.73 Å². The second-order valence-corrected chi connectivity index (χ2v) is 5.54. The quantitative estimate of drug-likeness (QED) is 0.804. The maximum atomic E-state index is 6.13. The number of rotatable bonds is 4. The first-order valence-corrected chi connectivity index (χ1v) is 6.43. The van der Waals surface area contributed by atoms with E-state index in [-0.39, 0.29) is 6.04 Å². The van der Waals surface area contributed by atoms with Crippen molar-refractivity contribution < 1.29 is 0 Å². The van der Waals surface area contributed by atoms with Crippen molar-refractivity contribution in [2.45, 2.75) is 32.7 Å². The molecule has 0 amide bonds. The fourth-order valence-corrected chi connectivity index (χ4v) is 2.52. The third-order valence-corrected chi connectivity index (χ3v) is 3.66. The van der Waals surface area contributed by atoms with E-state index in [0.717, 1.165) is 18.4 Å². The predicted octanol–water partition coefficient (Wildman–Crippen LogP) is 4.56. The van der Waals surface area contributed by atoms with Gasteiger partial charge in [0.2, 0.25) is 0 Å². The minimum atomic E-state index is 0.187. The minimum Gasteiger partial charge on any atom is -0.328 e. The molecule has 0 aromatic heterocycles. The van der Waals surface area contributed by atoms with Gasteiger partial charge >= 0.3 is 0 Å². The summed E-state index contributed by atoms with van der Waals surface area (Å²) in [6.07, 6.45) is 1.75. The van der Waals surface area contributed by atoms with E-state index in [9.17, 15) is 0 Å². The molecule has 1 rings (SSSR count). The fourth-order valence-electron chi connectivity index (χ4n) is 1.82. The van der Waals surface area contributed by atoms with Gasteiger partial charge in [0.25, 0.3) is 0 Å². The summed E-state index contributed by atoms with van der Waals surface area (Å²) < 4.78 is 0. The molecule has 0 fully saturated rings. The topological polar surface area (TPSA) is 26.0 Å². The summed E-state index contributed by atoms with van der Waals surface area (Å²) >= 11 is 18.2. The second kappa shape index (κ2) is 6.11. The first-order chi connectivity index (χ1) is 7.41. The Morgan fingerprint density at radius 2 is 1.69 bits per heavy atom. The average molecular weight is 281 g/mol.